The fraction of sp³-hybridized carbons (Fsp3) is 0.200. The third-order valence-corrected chi connectivity index (χ3v) is 3.12. The topological polar surface area (TPSA) is 29.5 Å². The van der Waals surface area contributed by atoms with Crippen LogP contribution in [-0.4, -0.2) is 12.2 Å². The van der Waals surface area contributed by atoms with Crippen LogP contribution in [0.5, 0.6) is 5.75 Å². The minimum atomic E-state index is -1.40. The number of aliphatic hydroxyl groups is 1. The molecule has 4 heteroatoms. The van der Waals surface area contributed by atoms with Crippen molar-refractivity contribution in [2.24, 2.45) is 0 Å². The maximum Gasteiger partial charge on any atom is 0.165 e. The maximum absolute atomic E-state index is 13.7. The third kappa shape index (κ3) is 2.58. The van der Waals surface area contributed by atoms with E-state index in [-0.39, 0.29) is 11.6 Å². The van der Waals surface area contributed by atoms with Gasteiger partial charge in [-0.1, -0.05) is 18.2 Å². The van der Waals surface area contributed by atoms with Crippen LogP contribution in [0.4, 0.5) is 8.78 Å². The van der Waals surface area contributed by atoms with Gasteiger partial charge in [-0.2, -0.15) is 0 Å². The molecule has 0 heterocycles. The van der Waals surface area contributed by atoms with Crippen molar-refractivity contribution in [3.05, 3.63) is 65.2 Å². The Balaban J connectivity index is 2.43. The second-order valence-corrected chi connectivity index (χ2v) is 4.43. The van der Waals surface area contributed by atoms with Crippen LogP contribution in [-0.2, 0) is 5.60 Å². The lowest BCUT2D eigenvalue weighted by Crippen LogP contribution is -2.23. The van der Waals surface area contributed by atoms with Crippen molar-refractivity contribution in [2.45, 2.75) is 12.5 Å². The van der Waals surface area contributed by atoms with Gasteiger partial charge in [0, 0.05) is 0 Å². The van der Waals surface area contributed by atoms with Crippen LogP contribution in [0.1, 0.15) is 18.1 Å². The molecular formula is C15H14F2O2. The molecule has 0 aliphatic carbocycles. The Kier molecular flexibility index (Phi) is 3.53. The Labute approximate surface area is 110 Å². The minimum Gasteiger partial charge on any atom is -0.494 e. The Morgan fingerprint density at radius 1 is 1.00 bits per heavy atom. The number of ether oxygens (including phenoxy) is 1. The Morgan fingerprint density at radius 2 is 1.58 bits per heavy atom. The first-order valence-electron chi connectivity index (χ1n) is 5.77. The van der Waals surface area contributed by atoms with Crippen LogP contribution in [0, 0.1) is 11.6 Å². The number of methoxy groups -OCH3 is 1. The van der Waals surface area contributed by atoms with Gasteiger partial charge < -0.3 is 9.84 Å². The van der Waals surface area contributed by atoms with Gasteiger partial charge in [-0.3, -0.25) is 0 Å². The van der Waals surface area contributed by atoms with E-state index in [9.17, 15) is 13.9 Å². The van der Waals surface area contributed by atoms with Crippen LogP contribution >= 0.6 is 0 Å². The Hall–Kier alpha value is -1.94. The summed E-state index contributed by atoms with van der Waals surface area (Å²) in [6.45, 7) is 1.53. The quantitative estimate of drug-likeness (QED) is 0.922. The number of hydrogen-bond donors (Lipinski definition) is 1. The minimum absolute atomic E-state index is 0.110. The molecule has 2 nitrogen and oxygen atoms in total. The first-order chi connectivity index (χ1) is 8.95. The molecule has 0 saturated heterocycles. The van der Waals surface area contributed by atoms with E-state index >= 15 is 0 Å². The van der Waals surface area contributed by atoms with Crippen LogP contribution in [0.2, 0.25) is 0 Å². The summed E-state index contributed by atoms with van der Waals surface area (Å²) in [5, 5.41) is 10.5. The van der Waals surface area contributed by atoms with Gasteiger partial charge in [0.1, 0.15) is 11.4 Å². The summed E-state index contributed by atoms with van der Waals surface area (Å²) in [6.07, 6.45) is 0. The van der Waals surface area contributed by atoms with Crippen LogP contribution < -0.4 is 4.74 Å². The highest BCUT2D eigenvalue weighted by Gasteiger charge is 2.26. The van der Waals surface area contributed by atoms with Gasteiger partial charge in [-0.15, -0.1) is 0 Å². The molecule has 0 aliphatic heterocycles. The van der Waals surface area contributed by atoms with Crippen molar-refractivity contribution in [2.75, 3.05) is 7.11 Å². The van der Waals surface area contributed by atoms with E-state index in [1.54, 1.807) is 6.07 Å². The first-order valence-corrected chi connectivity index (χ1v) is 5.77. The van der Waals surface area contributed by atoms with Crippen molar-refractivity contribution in [1.82, 2.24) is 0 Å². The van der Waals surface area contributed by atoms with E-state index < -0.39 is 11.4 Å². The van der Waals surface area contributed by atoms with E-state index in [2.05, 4.69) is 0 Å². The van der Waals surface area contributed by atoms with Crippen LogP contribution in [0.25, 0.3) is 0 Å². The molecule has 1 unspecified atom stereocenters. The van der Waals surface area contributed by atoms with Gasteiger partial charge in [0.15, 0.2) is 11.6 Å². The van der Waals surface area contributed by atoms with E-state index in [1.165, 1.54) is 50.4 Å². The van der Waals surface area contributed by atoms with Crippen LogP contribution in [0.3, 0.4) is 0 Å². The molecule has 0 radical (unpaired) electrons. The molecule has 1 N–H and O–H groups in total. The van der Waals surface area contributed by atoms with E-state index in [0.717, 1.165) is 0 Å². The summed E-state index contributed by atoms with van der Waals surface area (Å²) in [6, 6.07) is 9.68. The second-order valence-electron chi connectivity index (χ2n) is 4.43. The molecule has 0 aliphatic rings. The van der Waals surface area contributed by atoms with Gasteiger partial charge in [-0.05, 0) is 42.3 Å². The van der Waals surface area contributed by atoms with Gasteiger partial charge in [-0.25, -0.2) is 8.78 Å². The third-order valence-electron chi connectivity index (χ3n) is 3.12. The molecule has 0 saturated carbocycles. The van der Waals surface area contributed by atoms with Crippen molar-refractivity contribution in [3.8, 4) is 5.75 Å². The monoisotopic (exact) mass is 264 g/mol. The van der Waals surface area contributed by atoms with Crippen LogP contribution in [0.15, 0.2) is 42.5 Å². The summed E-state index contributed by atoms with van der Waals surface area (Å²) < 4.78 is 31.4. The van der Waals surface area contributed by atoms with Gasteiger partial charge >= 0.3 is 0 Å². The predicted octanol–water partition coefficient (Wildman–Crippen LogP) is 3.23. The smallest absolute Gasteiger partial charge is 0.165 e. The van der Waals surface area contributed by atoms with Crippen molar-refractivity contribution >= 4 is 0 Å². The zero-order valence-corrected chi connectivity index (χ0v) is 10.7. The first kappa shape index (κ1) is 13.5. The fourth-order valence-electron chi connectivity index (χ4n) is 1.91. The summed E-state index contributed by atoms with van der Waals surface area (Å²) >= 11 is 0. The summed E-state index contributed by atoms with van der Waals surface area (Å²) in [7, 11) is 1.37. The maximum atomic E-state index is 13.7. The zero-order valence-electron chi connectivity index (χ0n) is 10.7. The molecule has 0 bridgehead atoms. The lowest BCUT2D eigenvalue weighted by atomic mass is 9.88. The number of rotatable bonds is 3. The molecule has 0 aromatic heterocycles. The average Bonchev–Trinajstić information content (AvgIpc) is 2.39. The highest BCUT2D eigenvalue weighted by Crippen LogP contribution is 2.31. The summed E-state index contributed by atoms with van der Waals surface area (Å²) in [4.78, 5) is 0. The molecule has 2 aromatic rings. The highest BCUT2D eigenvalue weighted by atomic mass is 19.1. The number of hydrogen-bond acceptors (Lipinski definition) is 2. The summed E-state index contributed by atoms with van der Waals surface area (Å²) in [5.74, 6) is -0.832. The Morgan fingerprint density at radius 3 is 2.11 bits per heavy atom. The summed E-state index contributed by atoms with van der Waals surface area (Å²) in [5.41, 5.74) is -0.545. The van der Waals surface area contributed by atoms with Crippen molar-refractivity contribution < 1.29 is 18.6 Å². The SMILES string of the molecule is COc1ccc(C(C)(O)c2ccc(F)cc2)cc1F. The van der Waals surface area contributed by atoms with E-state index in [4.69, 9.17) is 4.74 Å². The molecule has 1 atom stereocenters. The van der Waals surface area contributed by atoms with Crippen molar-refractivity contribution in [1.29, 1.82) is 0 Å². The molecule has 19 heavy (non-hydrogen) atoms. The number of halogens is 2. The lowest BCUT2D eigenvalue weighted by molar-refractivity contribution is 0.102. The molecular weight excluding hydrogens is 250 g/mol. The average molecular weight is 264 g/mol. The predicted molar refractivity (Wildman–Crippen MR) is 68.0 cm³/mol. The normalized spacial score (nSPS) is 13.9. The molecule has 2 aromatic carbocycles. The lowest BCUT2D eigenvalue weighted by Gasteiger charge is -2.24. The molecule has 0 amide bonds. The zero-order chi connectivity index (χ0) is 14.0. The highest BCUT2D eigenvalue weighted by molar-refractivity contribution is 5.38. The second kappa shape index (κ2) is 4.97. The molecule has 0 fully saturated rings. The van der Waals surface area contributed by atoms with E-state index in [0.29, 0.717) is 11.1 Å². The standard InChI is InChI=1S/C15H14F2O2/c1-15(18,10-3-6-12(16)7-4-10)11-5-8-14(19-2)13(17)9-11/h3-9,18H,1-2H3. The fourth-order valence-corrected chi connectivity index (χ4v) is 1.91. The molecule has 100 valence electrons. The Bertz CT molecular complexity index is 577. The largest absolute Gasteiger partial charge is 0.494 e. The number of benzene rings is 2. The molecule has 2 rings (SSSR count). The van der Waals surface area contributed by atoms with Gasteiger partial charge in [0.05, 0.1) is 7.11 Å². The van der Waals surface area contributed by atoms with Crippen molar-refractivity contribution in [3.63, 3.8) is 0 Å². The molecule has 0 spiro atoms. The van der Waals surface area contributed by atoms with Gasteiger partial charge in [0.2, 0.25) is 0 Å². The van der Waals surface area contributed by atoms with Gasteiger partial charge in [0.25, 0.3) is 0 Å². The van der Waals surface area contributed by atoms with E-state index in [1.807, 2.05) is 0 Å².